The normalized spacial score (nSPS) is 9.89. The number of nitrogens with zero attached hydrogens (tertiary/aromatic N) is 1. The van der Waals surface area contributed by atoms with Gasteiger partial charge in [-0.1, -0.05) is 0 Å². The van der Waals surface area contributed by atoms with Crippen molar-refractivity contribution in [2.75, 3.05) is 32.9 Å². The lowest BCUT2D eigenvalue weighted by atomic mass is 10.3. The highest BCUT2D eigenvalue weighted by atomic mass is 35.5. The number of nitrogens with one attached hydrogen (secondary N) is 1. The molecule has 1 amide bonds. The van der Waals surface area contributed by atoms with Gasteiger partial charge < -0.3 is 10.2 Å². The van der Waals surface area contributed by atoms with E-state index < -0.39 is 11.6 Å². The minimum atomic E-state index is -0.893. The van der Waals surface area contributed by atoms with Crippen LogP contribution in [0.1, 0.15) is 0 Å². The Balaban J connectivity index is 0.00000324. The molecule has 0 heterocycles. The molecule has 108 valence electrons. The molecule has 1 aromatic carbocycles. The Morgan fingerprint density at radius 1 is 1.37 bits per heavy atom. The number of hydrogen-bond donors (Lipinski definition) is 1. The highest BCUT2D eigenvalue weighted by Gasteiger charge is 2.09. The van der Waals surface area contributed by atoms with Gasteiger partial charge in [-0.25, -0.2) is 8.78 Å². The van der Waals surface area contributed by atoms with Crippen LogP contribution in [0.4, 0.5) is 8.78 Å². The summed E-state index contributed by atoms with van der Waals surface area (Å²) in [6.07, 6.45) is 0. The van der Waals surface area contributed by atoms with E-state index in [1.54, 1.807) is 11.9 Å². The molecule has 3 nitrogen and oxygen atoms in total. The maximum atomic E-state index is 12.9. The second kappa shape index (κ2) is 9.12. The molecule has 0 saturated heterocycles. The van der Waals surface area contributed by atoms with Crippen molar-refractivity contribution in [3.63, 3.8) is 0 Å². The molecule has 0 radical (unpaired) electrons. The van der Waals surface area contributed by atoms with Gasteiger partial charge >= 0.3 is 0 Å². The monoisotopic (exact) mass is 310 g/mol. The molecule has 0 unspecified atom stereocenters. The minimum absolute atomic E-state index is 0. The third-order valence-electron chi connectivity index (χ3n) is 2.38. The molecule has 0 spiro atoms. The van der Waals surface area contributed by atoms with Gasteiger partial charge in [0.1, 0.15) is 0 Å². The number of rotatable bonds is 6. The van der Waals surface area contributed by atoms with Crippen molar-refractivity contribution < 1.29 is 13.6 Å². The van der Waals surface area contributed by atoms with Crippen molar-refractivity contribution in [1.82, 2.24) is 10.2 Å². The van der Waals surface area contributed by atoms with Gasteiger partial charge in [0.05, 0.1) is 5.75 Å². The fraction of sp³-hybridized carbons (Fsp3) is 0.417. The van der Waals surface area contributed by atoms with Gasteiger partial charge in [0.15, 0.2) is 11.6 Å². The van der Waals surface area contributed by atoms with Gasteiger partial charge in [0, 0.05) is 25.0 Å². The first-order chi connectivity index (χ1) is 8.54. The molecule has 0 aromatic heterocycles. The van der Waals surface area contributed by atoms with E-state index in [2.05, 4.69) is 5.32 Å². The smallest absolute Gasteiger partial charge is 0.232 e. The van der Waals surface area contributed by atoms with Gasteiger partial charge in [0.25, 0.3) is 0 Å². The predicted molar refractivity (Wildman–Crippen MR) is 75.9 cm³/mol. The molecule has 0 atom stereocenters. The second-order valence-corrected chi connectivity index (χ2v) is 4.83. The zero-order valence-electron chi connectivity index (χ0n) is 10.8. The number of likely N-dealkylation sites (N-methyl/N-ethyl adjacent to an activating group) is 2. The van der Waals surface area contributed by atoms with Crippen molar-refractivity contribution in [3.05, 3.63) is 29.8 Å². The summed E-state index contributed by atoms with van der Waals surface area (Å²) < 4.78 is 25.6. The molecule has 0 aliphatic rings. The lowest BCUT2D eigenvalue weighted by molar-refractivity contribution is -0.127. The Hall–Kier alpha value is -0.850. The number of amides is 1. The van der Waals surface area contributed by atoms with Crippen LogP contribution in [0.5, 0.6) is 0 Å². The van der Waals surface area contributed by atoms with Crippen LogP contribution in [-0.2, 0) is 4.79 Å². The fourth-order valence-corrected chi connectivity index (χ4v) is 2.09. The van der Waals surface area contributed by atoms with Crippen LogP contribution < -0.4 is 5.32 Å². The maximum absolute atomic E-state index is 12.9. The van der Waals surface area contributed by atoms with Crippen molar-refractivity contribution in [1.29, 1.82) is 0 Å². The Labute approximate surface area is 122 Å². The number of benzene rings is 1. The minimum Gasteiger partial charge on any atom is -0.344 e. The molecule has 0 saturated carbocycles. The topological polar surface area (TPSA) is 32.3 Å². The average molecular weight is 311 g/mol. The summed E-state index contributed by atoms with van der Waals surface area (Å²) in [5.41, 5.74) is 0. The summed E-state index contributed by atoms with van der Waals surface area (Å²) >= 11 is 1.19. The molecule has 0 aliphatic heterocycles. The summed E-state index contributed by atoms with van der Waals surface area (Å²) in [6.45, 7) is 1.34. The van der Waals surface area contributed by atoms with Crippen molar-refractivity contribution in [2.24, 2.45) is 0 Å². The van der Waals surface area contributed by atoms with Crippen LogP contribution in [0.2, 0.25) is 0 Å². The van der Waals surface area contributed by atoms with Gasteiger partial charge in [-0.15, -0.1) is 24.2 Å². The molecule has 1 aromatic rings. The number of carbonyl (C=O) groups excluding carboxylic acids is 1. The quantitative estimate of drug-likeness (QED) is 0.817. The molecular weight excluding hydrogens is 294 g/mol. The van der Waals surface area contributed by atoms with Crippen LogP contribution in [0.3, 0.4) is 0 Å². The highest BCUT2D eigenvalue weighted by Crippen LogP contribution is 2.20. The van der Waals surface area contributed by atoms with E-state index in [-0.39, 0.29) is 24.1 Å². The number of hydrogen-bond acceptors (Lipinski definition) is 3. The maximum Gasteiger partial charge on any atom is 0.232 e. The first-order valence-corrected chi connectivity index (χ1v) is 6.49. The van der Waals surface area contributed by atoms with E-state index in [1.807, 2.05) is 7.05 Å². The van der Waals surface area contributed by atoms with E-state index in [1.165, 1.54) is 17.8 Å². The fourth-order valence-electron chi connectivity index (χ4n) is 1.23. The average Bonchev–Trinajstić information content (AvgIpc) is 2.36. The van der Waals surface area contributed by atoms with E-state index >= 15 is 0 Å². The summed E-state index contributed by atoms with van der Waals surface area (Å²) in [7, 11) is 3.53. The predicted octanol–water partition coefficient (Wildman–Crippen LogP) is 2.16. The summed E-state index contributed by atoms with van der Waals surface area (Å²) in [5.74, 6) is -1.60. The van der Waals surface area contributed by atoms with Crippen molar-refractivity contribution >= 4 is 30.1 Å². The molecule has 0 aliphatic carbocycles. The zero-order chi connectivity index (χ0) is 13.5. The Morgan fingerprint density at radius 3 is 2.63 bits per heavy atom. The molecule has 1 N–H and O–H groups in total. The largest absolute Gasteiger partial charge is 0.344 e. The van der Waals surface area contributed by atoms with Crippen molar-refractivity contribution in [3.8, 4) is 0 Å². The molecule has 7 heteroatoms. The van der Waals surface area contributed by atoms with E-state index in [0.29, 0.717) is 11.4 Å². The summed E-state index contributed by atoms with van der Waals surface area (Å²) in [4.78, 5) is 13.8. The third-order valence-corrected chi connectivity index (χ3v) is 3.35. The van der Waals surface area contributed by atoms with Gasteiger partial charge in [-0.3, -0.25) is 4.79 Å². The summed E-state index contributed by atoms with van der Waals surface area (Å²) in [6, 6.07) is 3.62. The van der Waals surface area contributed by atoms with Crippen LogP contribution in [0.15, 0.2) is 23.1 Å². The Bertz CT molecular complexity index is 421. The standard InChI is InChI=1S/C12H16F2N2OS.ClH/c1-15-5-6-16(2)12(17)8-18-9-3-4-10(13)11(14)7-9;/h3-4,7,15H,5-6,8H2,1-2H3;1H. The SMILES string of the molecule is CNCCN(C)C(=O)CSc1ccc(F)c(F)c1.Cl. The number of halogens is 3. The van der Waals surface area contributed by atoms with Gasteiger partial charge in [-0.05, 0) is 25.2 Å². The second-order valence-electron chi connectivity index (χ2n) is 3.78. The van der Waals surface area contributed by atoms with Crippen LogP contribution in [0.25, 0.3) is 0 Å². The van der Waals surface area contributed by atoms with E-state index in [4.69, 9.17) is 0 Å². The van der Waals surface area contributed by atoms with Crippen molar-refractivity contribution in [2.45, 2.75) is 4.90 Å². The number of carbonyl (C=O) groups is 1. The van der Waals surface area contributed by atoms with Gasteiger partial charge in [-0.2, -0.15) is 0 Å². The molecule has 0 bridgehead atoms. The Morgan fingerprint density at radius 2 is 2.05 bits per heavy atom. The van der Waals surface area contributed by atoms with Crippen LogP contribution >= 0.6 is 24.2 Å². The first kappa shape index (κ1) is 18.1. The first-order valence-electron chi connectivity index (χ1n) is 5.51. The zero-order valence-corrected chi connectivity index (χ0v) is 12.4. The van der Waals surface area contributed by atoms with Crippen LogP contribution in [0, 0.1) is 11.6 Å². The van der Waals surface area contributed by atoms with E-state index in [9.17, 15) is 13.6 Å². The highest BCUT2D eigenvalue weighted by molar-refractivity contribution is 8.00. The lowest BCUT2D eigenvalue weighted by Crippen LogP contribution is -2.33. The van der Waals surface area contributed by atoms with Crippen LogP contribution in [-0.4, -0.2) is 43.7 Å². The van der Waals surface area contributed by atoms with Gasteiger partial charge in [0.2, 0.25) is 5.91 Å². The Kier molecular flexibility index (Phi) is 8.71. The number of thioether (sulfide) groups is 1. The molecule has 1 rings (SSSR count). The summed E-state index contributed by atoms with van der Waals surface area (Å²) in [5, 5.41) is 2.95. The van der Waals surface area contributed by atoms with E-state index in [0.717, 1.165) is 18.7 Å². The molecular formula is C12H17ClF2N2OS. The molecule has 0 fully saturated rings. The third kappa shape index (κ3) is 6.22. The molecule has 19 heavy (non-hydrogen) atoms. The lowest BCUT2D eigenvalue weighted by Gasteiger charge is -2.16.